The minimum absolute atomic E-state index is 0.00269. The summed E-state index contributed by atoms with van der Waals surface area (Å²) in [5.74, 6) is 2.45. The third-order valence-corrected chi connectivity index (χ3v) is 16.1. The van der Waals surface area contributed by atoms with Gasteiger partial charge < -0.3 is 14.5 Å². The van der Waals surface area contributed by atoms with E-state index in [9.17, 15) is 0 Å². The Morgan fingerprint density at radius 2 is 0.907 bits per heavy atom. The van der Waals surface area contributed by atoms with E-state index in [1.807, 2.05) is 6.20 Å². The fourth-order valence-electron chi connectivity index (χ4n) is 11.2. The minimum atomic E-state index is -0.265. The Morgan fingerprint density at radius 1 is 0.373 bits per heavy atom. The van der Waals surface area contributed by atoms with Crippen LogP contribution in [0.25, 0.3) is 27.6 Å². The molecular formula is C70H78N4O. The second-order valence-electron chi connectivity index (χ2n) is 26.4. The van der Waals surface area contributed by atoms with E-state index >= 15 is 0 Å². The highest BCUT2D eigenvalue weighted by Crippen LogP contribution is 2.51. The molecule has 0 saturated carbocycles. The summed E-state index contributed by atoms with van der Waals surface area (Å²) in [6.07, 6.45) is 1.95. The van der Waals surface area contributed by atoms with Gasteiger partial charge in [0, 0.05) is 51.3 Å². The van der Waals surface area contributed by atoms with Gasteiger partial charge >= 0.3 is 0 Å². The summed E-state index contributed by atoms with van der Waals surface area (Å²) in [6.45, 7) is 37.8. The van der Waals surface area contributed by atoms with Gasteiger partial charge in [-0.2, -0.15) is 0 Å². The first-order chi connectivity index (χ1) is 35.2. The standard InChI is InChI=1S/C70H78N4O/c1-65(2,3)48-30-33-60-57(39-48)56-32-31-55(42-61(56)74(60)64-40-49(34-35-71-64)66(4,5)6)75-54-29-23-28-52(41-54)72-45-73(63-44-59(68(10,11)12)58(43-62(63)72)67(7,8)9)53-37-50(69(13,14)46-24-19-17-20-25-46)36-51(38-53)70(15,16)47-26-21-18-22-27-47/h17-44H,45H2,1-16H3. The molecular weight excluding hydrogens is 913 g/mol. The Labute approximate surface area is 448 Å². The summed E-state index contributed by atoms with van der Waals surface area (Å²) in [5.41, 5.74) is 16.5. The Morgan fingerprint density at radius 3 is 1.45 bits per heavy atom. The number of nitrogens with zero attached hydrogens (tertiary/aromatic N) is 4. The van der Waals surface area contributed by atoms with Crippen molar-refractivity contribution in [2.75, 3.05) is 16.5 Å². The molecule has 0 amide bonds. The molecule has 5 heteroatoms. The van der Waals surface area contributed by atoms with Crippen molar-refractivity contribution in [2.24, 2.45) is 0 Å². The van der Waals surface area contributed by atoms with Crippen molar-refractivity contribution in [2.45, 2.75) is 143 Å². The number of hydrogen-bond acceptors (Lipinski definition) is 4. The second-order valence-corrected chi connectivity index (χ2v) is 26.4. The summed E-state index contributed by atoms with van der Waals surface area (Å²) in [7, 11) is 0. The summed E-state index contributed by atoms with van der Waals surface area (Å²) >= 11 is 0. The maximum Gasteiger partial charge on any atom is 0.137 e. The van der Waals surface area contributed by atoms with Crippen molar-refractivity contribution in [3.63, 3.8) is 0 Å². The van der Waals surface area contributed by atoms with Gasteiger partial charge in [-0.3, -0.25) is 4.57 Å². The highest BCUT2D eigenvalue weighted by molar-refractivity contribution is 6.10. The highest BCUT2D eigenvalue weighted by Gasteiger charge is 2.37. The van der Waals surface area contributed by atoms with Crippen LogP contribution in [0.1, 0.15) is 155 Å². The fourth-order valence-corrected chi connectivity index (χ4v) is 11.2. The molecule has 1 aliphatic rings. The SMILES string of the molecule is CC(C)(C)c1ccnc(-n2c3ccc(C(C)(C)C)cc3c3ccc(Oc4cccc(N5CN(c6cc(C(C)(C)c7ccccc7)cc(C(C)(C)c7ccccc7)c6)c6cc(C(C)(C)C)c(C(C)(C)C)cc65)c4)cc32)c1. The van der Waals surface area contributed by atoms with Crippen LogP contribution in [0.4, 0.5) is 22.7 Å². The Bertz CT molecular complexity index is 3520. The van der Waals surface area contributed by atoms with Crippen LogP contribution in [0.2, 0.25) is 0 Å². The van der Waals surface area contributed by atoms with E-state index in [4.69, 9.17) is 9.72 Å². The molecule has 0 radical (unpaired) electrons. The van der Waals surface area contributed by atoms with Gasteiger partial charge in [-0.25, -0.2) is 4.98 Å². The molecule has 0 N–H and O–H groups in total. The van der Waals surface area contributed by atoms with Gasteiger partial charge in [-0.15, -0.1) is 0 Å². The van der Waals surface area contributed by atoms with Gasteiger partial charge in [0.25, 0.3) is 0 Å². The molecule has 0 bridgehead atoms. The molecule has 0 aliphatic carbocycles. The molecule has 0 spiro atoms. The van der Waals surface area contributed by atoms with Crippen LogP contribution in [-0.2, 0) is 32.5 Å². The second kappa shape index (κ2) is 18.3. The molecule has 2 aromatic heterocycles. The minimum Gasteiger partial charge on any atom is -0.457 e. The number of pyridine rings is 1. The number of benzene rings is 7. The molecule has 1 aliphatic heterocycles. The lowest BCUT2D eigenvalue weighted by Crippen LogP contribution is -2.27. The van der Waals surface area contributed by atoms with Gasteiger partial charge in [0.1, 0.15) is 24.0 Å². The molecule has 0 fully saturated rings. The van der Waals surface area contributed by atoms with E-state index in [2.05, 4.69) is 289 Å². The number of rotatable bonds is 9. The summed E-state index contributed by atoms with van der Waals surface area (Å²) < 4.78 is 9.30. The maximum atomic E-state index is 6.99. The normalized spacial score (nSPS) is 13.8. The van der Waals surface area contributed by atoms with Crippen molar-refractivity contribution in [1.29, 1.82) is 0 Å². The zero-order valence-corrected chi connectivity index (χ0v) is 47.6. The number of hydrogen-bond donors (Lipinski definition) is 0. The number of ether oxygens (including phenoxy) is 1. The van der Waals surface area contributed by atoms with Crippen LogP contribution >= 0.6 is 0 Å². The Kier molecular flexibility index (Phi) is 12.6. The van der Waals surface area contributed by atoms with Crippen LogP contribution in [0, 0.1) is 0 Å². The summed E-state index contributed by atoms with van der Waals surface area (Å²) in [5, 5.41) is 2.38. The lowest BCUT2D eigenvalue weighted by molar-refractivity contribution is 0.483. The predicted octanol–water partition coefficient (Wildman–Crippen LogP) is 19.1. The number of fused-ring (bicyclic) bond motifs is 4. The van der Waals surface area contributed by atoms with E-state index < -0.39 is 0 Å². The average Bonchev–Trinajstić information content (AvgIpc) is 3.93. The van der Waals surface area contributed by atoms with Crippen LogP contribution in [0.5, 0.6) is 11.5 Å². The van der Waals surface area contributed by atoms with Crippen molar-refractivity contribution in [3.8, 4) is 17.3 Å². The Hall–Kier alpha value is -7.11. The lowest BCUT2D eigenvalue weighted by Gasteiger charge is -2.34. The van der Waals surface area contributed by atoms with Crippen molar-refractivity contribution >= 4 is 44.6 Å². The smallest absolute Gasteiger partial charge is 0.137 e. The quantitative estimate of drug-likeness (QED) is 0.144. The van der Waals surface area contributed by atoms with Crippen LogP contribution in [0.3, 0.4) is 0 Å². The van der Waals surface area contributed by atoms with Crippen LogP contribution in [0.15, 0.2) is 170 Å². The van der Waals surface area contributed by atoms with Crippen LogP contribution in [-0.4, -0.2) is 16.2 Å². The van der Waals surface area contributed by atoms with E-state index in [1.165, 1.54) is 72.3 Å². The first-order valence-corrected chi connectivity index (χ1v) is 27.0. The topological polar surface area (TPSA) is 33.5 Å². The van der Waals surface area contributed by atoms with Crippen molar-refractivity contribution in [1.82, 2.24) is 9.55 Å². The third kappa shape index (κ3) is 9.64. The molecule has 0 unspecified atom stereocenters. The first kappa shape index (κ1) is 51.4. The van der Waals surface area contributed by atoms with Gasteiger partial charge in [0.2, 0.25) is 0 Å². The molecule has 10 rings (SSSR count). The molecule has 384 valence electrons. The number of anilines is 4. The molecule has 9 aromatic rings. The molecule has 5 nitrogen and oxygen atoms in total. The lowest BCUT2D eigenvalue weighted by atomic mass is 9.73. The van der Waals surface area contributed by atoms with Crippen molar-refractivity contribution < 1.29 is 4.74 Å². The molecule has 75 heavy (non-hydrogen) atoms. The van der Waals surface area contributed by atoms with Gasteiger partial charge in [0.15, 0.2) is 0 Å². The average molecular weight is 991 g/mol. The number of aromatic nitrogens is 2. The van der Waals surface area contributed by atoms with Gasteiger partial charge in [-0.05, 0) is 139 Å². The third-order valence-electron chi connectivity index (χ3n) is 16.1. The van der Waals surface area contributed by atoms with Crippen molar-refractivity contribution in [3.05, 3.63) is 214 Å². The van der Waals surface area contributed by atoms with E-state index in [0.29, 0.717) is 6.67 Å². The van der Waals surface area contributed by atoms with Gasteiger partial charge in [0.05, 0.1) is 22.4 Å². The molecule has 0 saturated heterocycles. The fraction of sp³-hybridized carbons (Fsp3) is 0.329. The van der Waals surface area contributed by atoms with Gasteiger partial charge in [-0.1, -0.05) is 190 Å². The molecule has 0 atom stereocenters. The Balaban J connectivity index is 1.11. The highest BCUT2D eigenvalue weighted by atomic mass is 16.5. The van der Waals surface area contributed by atoms with E-state index in [1.54, 1.807) is 0 Å². The maximum absolute atomic E-state index is 6.99. The van der Waals surface area contributed by atoms with E-state index in [0.717, 1.165) is 34.0 Å². The van der Waals surface area contributed by atoms with E-state index in [-0.39, 0.29) is 32.5 Å². The molecule has 7 aromatic carbocycles. The summed E-state index contributed by atoms with van der Waals surface area (Å²) in [4.78, 5) is 10.0. The molecule has 3 heterocycles. The zero-order valence-electron chi connectivity index (χ0n) is 47.6. The monoisotopic (exact) mass is 991 g/mol. The first-order valence-electron chi connectivity index (χ1n) is 27.0. The predicted molar refractivity (Wildman–Crippen MR) is 319 cm³/mol. The summed E-state index contributed by atoms with van der Waals surface area (Å²) in [6, 6.07) is 60.8. The zero-order chi connectivity index (χ0) is 53.6. The van der Waals surface area contributed by atoms with Crippen LogP contribution < -0.4 is 14.5 Å². The largest absolute Gasteiger partial charge is 0.457 e.